The van der Waals surface area contributed by atoms with Crippen LogP contribution in [0.15, 0.2) is 42.5 Å². The van der Waals surface area contributed by atoms with E-state index < -0.39 is 5.60 Å². The van der Waals surface area contributed by atoms with Crippen molar-refractivity contribution in [1.29, 1.82) is 0 Å². The van der Waals surface area contributed by atoms with Crippen LogP contribution in [0.2, 0.25) is 0 Å². The van der Waals surface area contributed by atoms with E-state index in [0.717, 1.165) is 30.0 Å². The molecule has 0 unspecified atom stereocenters. The molecule has 7 heteroatoms. The summed E-state index contributed by atoms with van der Waals surface area (Å²) in [6.07, 6.45) is 0.747. The Morgan fingerprint density at radius 2 is 1.64 bits per heavy atom. The first-order valence-electron chi connectivity index (χ1n) is 12.1. The lowest BCUT2D eigenvalue weighted by Crippen LogP contribution is -2.50. The molecule has 2 fully saturated rings. The number of hydrogen-bond acceptors (Lipinski definition) is 6. The van der Waals surface area contributed by atoms with Crippen molar-refractivity contribution < 1.29 is 9.53 Å². The van der Waals surface area contributed by atoms with E-state index in [-0.39, 0.29) is 18.2 Å². The van der Waals surface area contributed by atoms with Crippen molar-refractivity contribution >= 4 is 11.9 Å². The Kier molecular flexibility index (Phi) is 8.30. The Morgan fingerprint density at radius 3 is 2.09 bits per heavy atom. The van der Waals surface area contributed by atoms with Crippen LogP contribution in [0.1, 0.15) is 48.0 Å². The van der Waals surface area contributed by atoms with Gasteiger partial charge in [0, 0.05) is 18.7 Å². The smallest absolute Gasteiger partial charge is 0.410 e. The van der Waals surface area contributed by atoms with Gasteiger partial charge in [0.2, 0.25) is 0 Å². The molecule has 4 rings (SSSR count). The summed E-state index contributed by atoms with van der Waals surface area (Å²) in [6, 6.07) is 14.5. The highest BCUT2D eigenvalue weighted by Gasteiger charge is 2.47. The molecule has 2 saturated heterocycles. The third kappa shape index (κ3) is 6.44. The first kappa shape index (κ1) is 25.0. The van der Waals surface area contributed by atoms with Crippen LogP contribution >= 0.6 is 0 Å². The minimum atomic E-state index is -0.461. The Labute approximate surface area is 198 Å². The number of likely N-dealkylation sites (tertiary alicyclic amines) is 1. The van der Waals surface area contributed by atoms with Crippen molar-refractivity contribution in [3.8, 4) is 11.3 Å². The van der Waals surface area contributed by atoms with Crippen LogP contribution in [-0.4, -0.2) is 76.5 Å². The number of carbonyl (C=O) groups excluding carboxylic acids is 1. The molecule has 1 amide bonds. The number of nitrogens with zero attached hydrogens (tertiary/aromatic N) is 5. The third-order valence-electron chi connectivity index (χ3n) is 6.22. The molecule has 1 aromatic heterocycles. The molecule has 2 bridgehead atoms. The molecule has 2 atom stereocenters. The zero-order valence-corrected chi connectivity index (χ0v) is 21.0. The lowest BCUT2D eigenvalue weighted by Gasteiger charge is -2.35. The predicted molar refractivity (Wildman–Crippen MR) is 133 cm³/mol. The number of rotatable bonds is 5. The Morgan fingerprint density at radius 1 is 0.970 bits per heavy atom. The summed E-state index contributed by atoms with van der Waals surface area (Å²) >= 11 is 0. The summed E-state index contributed by atoms with van der Waals surface area (Å²) < 4.78 is 5.52. The van der Waals surface area contributed by atoms with Gasteiger partial charge in [0.15, 0.2) is 5.82 Å². The second-order valence-electron chi connectivity index (χ2n) is 9.59. The minimum absolute atomic E-state index is 0.186. The fourth-order valence-corrected chi connectivity index (χ4v) is 4.40. The molecule has 0 spiro atoms. The number of anilines is 1. The fourth-order valence-electron chi connectivity index (χ4n) is 4.40. The van der Waals surface area contributed by atoms with E-state index in [1.807, 2.05) is 68.1 Å². The maximum absolute atomic E-state index is 12.4. The minimum Gasteiger partial charge on any atom is -0.444 e. The van der Waals surface area contributed by atoms with Gasteiger partial charge >= 0.3 is 6.09 Å². The summed E-state index contributed by atoms with van der Waals surface area (Å²) in [5, 5.41) is 8.81. The monoisotopic (exact) mass is 453 g/mol. The molecule has 2 aliphatic heterocycles. The van der Waals surface area contributed by atoms with Crippen LogP contribution in [0.3, 0.4) is 0 Å². The van der Waals surface area contributed by atoms with Gasteiger partial charge in [-0.1, -0.05) is 51.1 Å². The number of piperazine rings is 1. The molecular weight excluding hydrogens is 414 g/mol. The summed E-state index contributed by atoms with van der Waals surface area (Å²) in [4.78, 5) is 18.8. The SMILES string of the molecule is CC(C)(C)OC(=O)N1C[C@@H]2C[C@H]1CN2c1ccc(-c2ccccc2)nn1.CCN(CC)CC. The number of benzene rings is 1. The average molecular weight is 454 g/mol. The molecule has 0 aliphatic carbocycles. The first-order valence-corrected chi connectivity index (χ1v) is 12.1. The van der Waals surface area contributed by atoms with Crippen molar-refractivity contribution in [3.63, 3.8) is 0 Å². The highest BCUT2D eigenvalue weighted by atomic mass is 16.6. The van der Waals surface area contributed by atoms with E-state index in [4.69, 9.17) is 4.74 Å². The number of ether oxygens (including phenoxy) is 1. The maximum atomic E-state index is 12.4. The molecule has 0 radical (unpaired) electrons. The van der Waals surface area contributed by atoms with Crippen molar-refractivity contribution in [3.05, 3.63) is 42.5 Å². The summed E-state index contributed by atoms with van der Waals surface area (Å²) in [5.41, 5.74) is 1.47. The van der Waals surface area contributed by atoms with E-state index in [0.29, 0.717) is 6.54 Å². The van der Waals surface area contributed by atoms with E-state index >= 15 is 0 Å². The highest BCUT2D eigenvalue weighted by Crippen LogP contribution is 2.34. The third-order valence-corrected chi connectivity index (χ3v) is 6.22. The Hall–Kier alpha value is -2.67. The van der Waals surface area contributed by atoms with Crippen LogP contribution in [0.25, 0.3) is 11.3 Å². The van der Waals surface area contributed by atoms with E-state index in [1.165, 1.54) is 19.6 Å². The Balaban J connectivity index is 0.000000383. The largest absolute Gasteiger partial charge is 0.444 e. The zero-order valence-electron chi connectivity index (χ0n) is 21.0. The molecule has 180 valence electrons. The molecule has 0 saturated carbocycles. The zero-order chi connectivity index (χ0) is 24.0. The molecule has 0 N–H and O–H groups in total. The van der Waals surface area contributed by atoms with E-state index in [9.17, 15) is 4.79 Å². The van der Waals surface area contributed by atoms with Gasteiger partial charge in [0.1, 0.15) is 5.60 Å². The van der Waals surface area contributed by atoms with Gasteiger partial charge in [-0.05, 0) is 59.0 Å². The lowest BCUT2D eigenvalue weighted by molar-refractivity contribution is 0.0214. The average Bonchev–Trinajstić information content (AvgIpc) is 3.42. The van der Waals surface area contributed by atoms with Crippen LogP contribution < -0.4 is 4.90 Å². The normalized spacial score (nSPS) is 19.5. The number of amides is 1. The second-order valence-corrected chi connectivity index (χ2v) is 9.59. The van der Waals surface area contributed by atoms with E-state index in [1.54, 1.807) is 0 Å². The summed E-state index contributed by atoms with van der Waals surface area (Å²) in [6.45, 7) is 17.3. The first-order chi connectivity index (χ1) is 15.8. The van der Waals surface area contributed by atoms with Crippen molar-refractivity contribution in [2.24, 2.45) is 0 Å². The molecular formula is C26H39N5O2. The standard InChI is InChI=1S/C20H24N4O2.C6H15N/c1-20(2,3)26-19(25)24-13-15-11-16(24)12-23(15)18-10-9-17(21-22-18)14-7-5-4-6-8-14;1-4-7(5-2)6-3/h4-10,15-16H,11-13H2,1-3H3;4-6H2,1-3H3/t15-,16-;/m0./s1. The van der Waals surface area contributed by atoms with Crippen molar-refractivity contribution in [1.82, 2.24) is 20.0 Å². The van der Waals surface area contributed by atoms with Gasteiger partial charge in [0.05, 0.1) is 17.8 Å². The number of carbonyl (C=O) groups is 1. The van der Waals surface area contributed by atoms with Gasteiger partial charge in [0.25, 0.3) is 0 Å². The van der Waals surface area contributed by atoms with Gasteiger partial charge in [-0.2, -0.15) is 0 Å². The molecule has 2 aliphatic rings. The van der Waals surface area contributed by atoms with E-state index in [2.05, 4.69) is 40.8 Å². The van der Waals surface area contributed by atoms with Crippen molar-refractivity contribution in [2.75, 3.05) is 37.6 Å². The lowest BCUT2D eigenvalue weighted by atomic mass is 10.1. The summed E-state index contributed by atoms with van der Waals surface area (Å²) in [7, 11) is 0. The molecule has 2 aromatic rings. The van der Waals surface area contributed by atoms with Gasteiger partial charge in [-0.3, -0.25) is 0 Å². The van der Waals surface area contributed by atoms with Crippen LogP contribution in [0, 0.1) is 0 Å². The second kappa shape index (κ2) is 11.0. The van der Waals surface area contributed by atoms with Gasteiger partial charge in [-0.15, -0.1) is 10.2 Å². The number of aromatic nitrogens is 2. The molecule has 1 aromatic carbocycles. The highest BCUT2D eigenvalue weighted by molar-refractivity contribution is 5.70. The van der Waals surface area contributed by atoms with Gasteiger partial charge < -0.3 is 19.4 Å². The number of fused-ring (bicyclic) bond motifs is 2. The van der Waals surface area contributed by atoms with Crippen molar-refractivity contribution in [2.45, 2.75) is 65.6 Å². The van der Waals surface area contributed by atoms with Crippen LogP contribution in [0.5, 0.6) is 0 Å². The molecule has 3 heterocycles. The fraction of sp³-hybridized carbons (Fsp3) is 0.577. The van der Waals surface area contributed by atoms with Crippen LogP contribution in [-0.2, 0) is 4.74 Å². The predicted octanol–water partition coefficient (Wildman–Crippen LogP) is 4.69. The van der Waals surface area contributed by atoms with Gasteiger partial charge in [-0.25, -0.2) is 4.79 Å². The number of hydrogen-bond donors (Lipinski definition) is 0. The molecule has 7 nitrogen and oxygen atoms in total. The van der Waals surface area contributed by atoms with Crippen LogP contribution in [0.4, 0.5) is 10.6 Å². The summed E-state index contributed by atoms with van der Waals surface area (Å²) in [5.74, 6) is 0.876. The molecule has 33 heavy (non-hydrogen) atoms. The quantitative estimate of drug-likeness (QED) is 0.655. The topological polar surface area (TPSA) is 61.8 Å². The Bertz CT molecular complexity index is 872. The maximum Gasteiger partial charge on any atom is 0.410 e.